The molecule has 0 saturated carbocycles. The first-order chi connectivity index (χ1) is 7.03. The van der Waals surface area contributed by atoms with E-state index in [0.717, 1.165) is 0 Å². The Bertz CT molecular complexity index is 409. The van der Waals surface area contributed by atoms with Gasteiger partial charge < -0.3 is 14.2 Å². The molecule has 1 heterocycles. The average Bonchev–Trinajstić information content (AvgIpc) is 2.15. The van der Waals surface area contributed by atoms with E-state index in [1.165, 1.54) is 7.11 Å². The number of benzene rings is 1. The van der Waals surface area contributed by atoms with Gasteiger partial charge in [-0.05, 0) is 12.1 Å². The number of carbonyl (C=O) groups is 1. The molecule has 0 fully saturated rings. The molecule has 1 aliphatic heterocycles. The number of para-hydroxylation sites is 1. The van der Waals surface area contributed by atoms with Crippen LogP contribution in [0.2, 0.25) is 0 Å². The number of fused-ring (bicyclic) bond motifs is 1. The van der Waals surface area contributed by atoms with E-state index in [-0.39, 0.29) is 5.97 Å². The van der Waals surface area contributed by atoms with Gasteiger partial charge in [0.15, 0.2) is 11.5 Å². The summed E-state index contributed by atoms with van der Waals surface area (Å²) < 4.78 is 15.7. The molecule has 15 heavy (non-hydrogen) atoms. The molecule has 0 unspecified atom stereocenters. The zero-order valence-corrected chi connectivity index (χ0v) is 8.87. The van der Waals surface area contributed by atoms with Crippen molar-refractivity contribution in [2.45, 2.75) is 19.6 Å². The second kappa shape index (κ2) is 3.15. The van der Waals surface area contributed by atoms with E-state index in [2.05, 4.69) is 0 Å². The standard InChI is InChI=1S/C11H12O4/c1-11(2)14-9-7(10(12)15-11)5-4-6-8(9)13-3/h4-6H,1-3H3. The SMILES string of the molecule is COc1cccc2c1OC(C)(C)OC2=O. The number of rotatable bonds is 1. The highest BCUT2D eigenvalue weighted by Crippen LogP contribution is 2.38. The van der Waals surface area contributed by atoms with Crippen LogP contribution in [0.3, 0.4) is 0 Å². The summed E-state index contributed by atoms with van der Waals surface area (Å²) in [7, 11) is 1.53. The minimum atomic E-state index is -0.946. The third-order valence-corrected chi connectivity index (χ3v) is 2.11. The molecule has 0 atom stereocenters. The molecule has 1 aromatic carbocycles. The van der Waals surface area contributed by atoms with E-state index in [1.807, 2.05) is 0 Å². The van der Waals surface area contributed by atoms with Gasteiger partial charge in [-0.15, -0.1) is 0 Å². The molecule has 80 valence electrons. The first-order valence-electron chi connectivity index (χ1n) is 4.63. The fourth-order valence-corrected chi connectivity index (χ4v) is 1.49. The summed E-state index contributed by atoms with van der Waals surface area (Å²) >= 11 is 0. The molecule has 0 saturated heterocycles. The van der Waals surface area contributed by atoms with Gasteiger partial charge in [0.1, 0.15) is 5.56 Å². The molecule has 1 aromatic rings. The monoisotopic (exact) mass is 208 g/mol. The van der Waals surface area contributed by atoms with Crippen molar-refractivity contribution in [2.75, 3.05) is 7.11 Å². The Balaban J connectivity index is 2.55. The average molecular weight is 208 g/mol. The van der Waals surface area contributed by atoms with Gasteiger partial charge in [0.2, 0.25) is 5.79 Å². The Kier molecular flexibility index (Phi) is 2.07. The number of hydrogen-bond acceptors (Lipinski definition) is 4. The summed E-state index contributed by atoms with van der Waals surface area (Å²) in [6.45, 7) is 3.36. The van der Waals surface area contributed by atoms with Gasteiger partial charge in [0.05, 0.1) is 7.11 Å². The molecular formula is C11H12O4. The van der Waals surface area contributed by atoms with Crippen molar-refractivity contribution in [1.29, 1.82) is 0 Å². The summed E-state index contributed by atoms with van der Waals surface area (Å²) in [6, 6.07) is 5.11. The maximum Gasteiger partial charge on any atom is 0.345 e. The van der Waals surface area contributed by atoms with Crippen LogP contribution in [0.25, 0.3) is 0 Å². The van der Waals surface area contributed by atoms with Crippen LogP contribution in [0.5, 0.6) is 11.5 Å². The van der Waals surface area contributed by atoms with Crippen LogP contribution < -0.4 is 9.47 Å². The zero-order chi connectivity index (χ0) is 11.1. The molecule has 0 amide bonds. The van der Waals surface area contributed by atoms with Gasteiger partial charge in [-0.2, -0.15) is 0 Å². The second-order valence-corrected chi connectivity index (χ2v) is 3.73. The largest absolute Gasteiger partial charge is 0.493 e. The quantitative estimate of drug-likeness (QED) is 0.662. The van der Waals surface area contributed by atoms with E-state index < -0.39 is 5.79 Å². The molecule has 0 radical (unpaired) electrons. The van der Waals surface area contributed by atoms with Crippen LogP contribution in [0.15, 0.2) is 18.2 Å². The van der Waals surface area contributed by atoms with Gasteiger partial charge in [0.25, 0.3) is 0 Å². The van der Waals surface area contributed by atoms with Crippen molar-refractivity contribution in [2.24, 2.45) is 0 Å². The van der Waals surface area contributed by atoms with Crippen LogP contribution in [0.1, 0.15) is 24.2 Å². The van der Waals surface area contributed by atoms with Crippen molar-refractivity contribution in [3.05, 3.63) is 23.8 Å². The predicted molar refractivity (Wildman–Crippen MR) is 53.1 cm³/mol. The molecule has 0 spiro atoms. The van der Waals surface area contributed by atoms with E-state index in [1.54, 1.807) is 32.0 Å². The second-order valence-electron chi connectivity index (χ2n) is 3.73. The topological polar surface area (TPSA) is 44.8 Å². The van der Waals surface area contributed by atoms with Crippen LogP contribution in [0, 0.1) is 0 Å². The number of hydrogen-bond donors (Lipinski definition) is 0. The molecule has 4 heteroatoms. The van der Waals surface area contributed by atoms with E-state index in [4.69, 9.17) is 14.2 Å². The molecule has 0 aromatic heterocycles. The smallest absolute Gasteiger partial charge is 0.345 e. The summed E-state index contributed by atoms with van der Waals surface area (Å²) in [5.41, 5.74) is 0.397. The number of methoxy groups -OCH3 is 1. The van der Waals surface area contributed by atoms with Crippen LogP contribution in [-0.4, -0.2) is 18.9 Å². The van der Waals surface area contributed by atoms with Gasteiger partial charge in [-0.25, -0.2) is 4.79 Å². The molecule has 0 aliphatic carbocycles. The predicted octanol–water partition coefficient (Wildman–Crippen LogP) is 1.98. The minimum absolute atomic E-state index is 0.389. The Labute approximate surface area is 87.8 Å². The summed E-state index contributed by atoms with van der Waals surface area (Å²) in [5.74, 6) is -0.350. The zero-order valence-electron chi connectivity index (χ0n) is 8.87. The first-order valence-corrected chi connectivity index (χ1v) is 4.63. The molecule has 0 N–H and O–H groups in total. The van der Waals surface area contributed by atoms with Crippen molar-refractivity contribution in [3.63, 3.8) is 0 Å². The fourth-order valence-electron chi connectivity index (χ4n) is 1.49. The Hall–Kier alpha value is -1.71. The van der Waals surface area contributed by atoms with Gasteiger partial charge in [-0.1, -0.05) is 6.07 Å². The maximum atomic E-state index is 11.6. The summed E-state index contributed by atoms with van der Waals surface area (Å²) in [5, 5.41) is 0. The Morgan fingerprint density at radius 2 is 2.00 bits per heavy atom. The van der Waals surface area contributed by atoms with Crippen LogP contribution in [0.4, 0.5) is 0 Å². The third kappa shape index (κ3) is 1.63. The lowest BCUT2D eigenvalue weighted by Crippen LogP contribution is -2.38. The molecule has 1 aliphatic rings. The molecule has 4 nitrogen and oxygen atoms in total. The normalized spacial score (nSPS) is 17.4. The number of cyclic esters (lactones) is 1. The highest BCUT2D eigenvalue weighted by molar-refractivity contribution is 5.94. The van der Waals surface area contributed by atoms with Gasteiger partial charge in [-0.3, -0.25) is 0 Å². The highest BCUT2D eigenvalue weighted by Gasteiger charge is 2.35. The minimum Gasteiger partial charge on any atom is -0.493 e. The number of carbonyl (C=O) groups excluding carboxylic acids is 1. The first kappa shape index (κ1) is 9.83. The fraction of sp³-hybridized carbons (Fsp3) is 0.364. The van der Waals surface area contributed by atoms with E-state index in [9.17, 15) is 4.79 Å². The van der Waals surface area contributed by atoms with Gasteiger partial charge in [0, 0.05) is 13.8 Å². The van der Waals surface area contributed by atoms with Crippen molar-refractivity contribution >= 4 is 5.97 Å². The molecular weight excluding hydrogens is 196 g/mol. The lowest BCUT2D eigenvalue weighted by molar-refractivity contribution is -0.128. The van der Waals surface area contributed by atoms with Crippen molar-refractivity contribution < 1.29 is 19.0 Å². The van der Waals surface area contributed by atoms with Gasteiger partial charge >= 0.3 is 5.97 Å². The van der Waals surface area contributed by atoms with Crippen molar-refractivity contribution in [3.8, 4) is 11.5 Å². The molecule has 2 rings (SSSR count). The Morgan fingerprint density at radius 1 is 1.27 bits per heavy atom. The third-order valence-electron chi connectivity index (χ3n) is 2.11. The number of ether oxygens (including phenoxy) is 3. The number of esters is 1. The lowest BCUT2D eigenvalue weighted by Gasteiger charge is -2.32. The lowest BCUT2D eigenvalue weighted by atomic mass is 10.1. The van der Waals surface area contributed by atoms with Crippen molar-refractivity contribution in [1.82, 2.24) is 0 Å². The Morgan fingerprint density at radius 3 is 2.67 bits per heavy atom. The highest BCUT2D eigenvalue weighted by atomic mass is 16.7. The van der Waals surface area contributed by atoms with E-state index in [0.29, 0.717) is 17.1 Å². The summed E-state index contributed by atoms with van der Waals surface area (Å²) in [6.07, 6.45) is 0. The summed E-state index contributed by atoms with van der Waals surface area (Å²) in [4.78, 5) is 11.6. The van der Waals surface area contributed by atoms with Crippen LogP contribution in [-0.2, 0) is 4.74 Å². The molecule has 0 bridgehead atoms. The van der Waals surface area contributed by atoms with E-state index >= 15 is 0 Å². The maximum absolute atomic E-state index is 11.6. The van der Waals surface area contributed by atoms with Crippen LogP contribution >= 0.6 is 0 Å².